The lowest BCUT2D eigenvalue weighted by Crippen LogP contribution is -2.38. The van der Waals surface area contributed by atoms with Gasteiger partial charge in [0, 0.05) is 12.1 Å². The predicted molar refractivity (Wildman–Crippen MR) is 127 cm³/mol. The fraction of sp³-hybridized carbons (Fsp3) is 0.556. The first-order valence-corrected chi connectivity index (χ1v) is 11.6. The monoisotopic (exact) mass is 411 g/mol. The van der Waals surface area contributed by atoms with Crippen LogP contribution in [-0.2, 0) is 16.7 Å². The SMILES string of the molecule is CC(C)CCCCCc1ccc(OCCOCCNC(C)(C)c2ccccc2)cc1. The van der Waals surface area contributed by atoms with Crippen molar-refractivity contribution in [1.29, 1.82) is 0 Å². The van der Waals surface area contributed by atoms with Gasteiger partial charge in [-0.3, -0.25) is 0 Å². The van der Waals surface area contributed by atoms with Gasteiger partial charge in [-0.15, -0.1) is 0 Å². The summed E-state index contributed by atoms with van der Waals surface area (Å²) in [6.07, 6.45) is 6.45. The van der Waals surface area contributed by atoms with Gasteiger partial charge in [-0.25, -0.2) is 0 Å². The predicted octanol–water partition coefficient (Wildman–Crippen LogP) is 6.37. The number of hydrogen-bond donors (Lipinski definition) is 1. The highest BCUT2D eigenvalue weighted by Gasteiger charge is 2.18. The summed E-state index contributed by atoms with van der Waals surface area (Å²) in [7, 11) is 0. The third kappa shape index (κ3) is 9.77. The van der Waals surface area contributed by atoms with E-state index in [4.69, 9.17) is 9.47 Å². The molecule has 0 aliphatic heterocycles. The fourth-order valence-electron chi connectivity index (χ4n) is 3.52. The number of hydrogen-bond acceptors (Lipinski definition) is 3. The molecule has 0 radical (unpaired) electrons. The van der Waals surface area contributed by atoms with Gasteiger partial charge in [0.2, 0.25) is 0 Å². The van der Waals surface area contributed by atoms with Gasteiger partial charge >= 0.3 is 0 Å². The van der Waals surface area contributed by atoms with Crippen LogP contribution in [0.15, 0.2) is 54.6 Å². The Kier molecular flexibility index (Phi) is 11.0. The quantitative estimate of drug-likeness (QED) is 0.346. The first-order chi connectivity index (χ1) is 14.5. The lowest BCUT2D eigenvalue weighted by atomic mass is 9.94. The summed E-state index contributed by atoms with van der Waals surface area (Å²) in [5, 5.41) is 3.55. The Labute approximate surface area is 184 Å². The summed E-state index contributed by atoms with van der Waals surface area (Å²) >= 11 is 0. The van der Waals surface area contributed by atoms with E-state index in [1.165, 1.54) is 36.8 Å². The largest absolute Gasteiger partial charge is 0.491 e. The standard InChI is InChI=1S/C27H41NO2/c1-23(2)11-7-5-8-12-24-15-17-26(18-16-24)30-22-21-29-20-19-28-27(3,4)25-13-9-6-10-14-25/h6,9-10,13-18,23,28H,5,7-8,11-12,19-22H2,1-4H3. The van der Waals surface area contributed by atoms with E-state index in [2.05, 4.69) is 81.5 Å². The van der Waals surface area contributed by atoms with Gasteiger partial charge in [0.05, 0.1) is 13.2 Å². The molecule has 0 aromatic heterocycles. The fourth-order valence-corrected chi connectivity index (χ4v) is 3.52. The van der Waals surface area contributed by atoms with E-state index in [0.717, 1.165) is 24.6 Å². The maximum atomic E-state index is 5.80. The third-order valence-corrected chi connectivity index (χ3v) is 5.48. The van der Waals surface area contributed by atoms with Crippen LogP contribution >= 0.6 is 0 Å². The van der Waals surface area contributed by atoms with Crippen molar-refractivity contribution in [3.63, 3.8) is 0 Å². The molecule has 0 amide bonds. The second kappa shape index (κ2) is 13.5. The molecule has 2 aromatic carbocycles. The van der Waals surface area contributed by atoms with E-state index in [0.29, 0.717) is 19.8 Å². The van der Waals surface area contributed by atoms with Crippen LogP contribution in [0.5, 0.6) is 5.75 Å². The molecule has 3 nitrogen and oxygen atoms in total. The lowest BCUT2D eigenvalue weighted by Gasteiger charge is -2.27. The Morgan fingerprint density at radius 1 is 0.833 bits per heavy atom. The molecule has 166 valence electrons. The molecular weight excluding hydrogens is 370 g/mol. The van der Waals surface area contributed by atoms with Crippen molar-refractivity contribution >= 4 is 0 Å². The number of aryl methyl sites for hydroxylation is 1. The minimum atomic E-state index is -0.0582. The molecule has 0 atom stereocenters. The molecule has 1 N–H and O–H groups in total. The van der Waals surface area contributed by atoms with Crippen LogP contribution in [0, 0.1) is 5.92 Å². The maximum absolute atomic E-state index is 5.80. The topological polar surface area (TPSA) is 30.5 Å². The van der Waals surface area contributed by atoms with Crippen molar-refractivity contribution < 1.29 is 9.47 Å². The highest BCUT2D eigenvalue weighted by Crippen LogP contribution is 2.19. The average molecular weight is 412 g/mol. The molecule has 0 aliphatic rings. The van der Waals surface area contributed by atoms with E-state index in [1.54, 1.807) is 0 Å². The van der Waals surface area contributed by atoms with E-state index in [9.17, 15) is 0 Å². The molecule has 0 spiro atoms. The molecule has 2 aromatic rings. The van der Waals surface area contributed by atoms with Crippen molar-refractivity contribution in [2.45, 2.75) is 65.3 Å². The van der Waals surface area contributed by atoms with Gasteiger partial charge in [0.25, 0.3) is 0 Å². The molecule has 0 fully saturated rings. The van der Waals surface area contributed by atoms with Crippen molar-refractivity contribution in [3.05, 3.63) is 65.7 Å². The van der Waals surface area contributed by atoms with Crippen LogP contribution in [0.4, 0.5) is 0 Å². The van der Waals surface area contributed by atoms with Crippen LogP contribution in [0.2, 0.25) is 0 Å². The van der Waals surface area contributed by atoms with Gasteiger partial charge in [0.1, 0.15) is 12.4 Å². The average Bonchev–Trinajstić information content (AvgIpc) is 2.74. The van der Waals surface area contributed by atoms with Gasteiger partial charge in [-0.1, -0.05) is 75.6 Å². The molecule has 2 rings (SSSR count). The van der Waals surface area contributed by atoms with Crippen LogP contribution in [0.3, 0.4) is 0 Å². The molecule has 0 saturated carbocycles. The van der Waals surface area contributed by atoms with Crippen LogP contribution in [0.1, 0.15) is 64.5 Å². The van der Waals surface area contributed by atoms with Crippen molar-refractivity contribution in [2.24, 2.45) is 5.92 Å². The normalized spacial score (nSPS) is 11.8. The lowest BCUT2D eigenvalue weighted by molar-refractivity contribution is 0.0978. The summed E-state index contributed by atoms with van der Waals surface area (Å²) in [5.74, 6) is 1.74. The Morgan fingerprint density at radius 2 is 1.57 bits per heavy atom. The van der Waals surface area contributed by atoms with Crippen LogP contribution in [-0.4, -0.2) is 26.4 Å². The Morgan fingerprint density at radius 3 is 2.27 bits per heavy atom. The first kappa shape index (κ1) is 24.4. The van der Waals surface area contributed by atoms with Crippen molar-refractivity contribution in [2.75, 3.05) is 26.4 Å². The van der Waals surface area contributed by atoms with E-state index in [-0.39, 0.29) is 5.54 Å². The Bertz CT molecular complexity index is 680. The van der Waals surface area contributed by atoms with E-state index < -0.39 is 0 Å². The molecule has 0 saturated heterocycles. The van der Waals surface area contributed by atoms with E-state index in [1.807, 2.05) is 6.07 Å². The van der Waals surface area contributed by atoms with Crippen molar-refractivity contribution in [1.82, 2.24) is 5.32 Å². The summed E-state index contributed by atoms with van der Waals surface area (Å²) in [5.41, 5.74) is 2.62. The molecule has 0 aliphatic carbocycles. The second-order valence-corrected chi connectivity index (χ2v) is 9.02. The van der Waals surface area contributed by atoms with Gasteiger partial charge in [-0.2, -0.15) is 0 Å². The zero-order chi connectivity index (χ0) is 21.7. The molecular formula is C27H41NO2. The molecule has 3 heteroatoms. The number of nitrogens with one attached hydrogen (secondary N) is 1. The zero-order valence-corrected chi connectivity index (χ0v) is 19.5. The van der Waals surface area contributed by atoms with Gasteiger partial charge < -0.3 is 14.8 Å². The second-order valence-electron chi connectivity index (χ2n) is 9.02. The summed E-state index contributed by atoms with van der Waals surface area (Å²) < 4.78 is 11.5. The number of rotatable bonds is 15. The molecule has 0 unspecified atom stereocenters. The smallest absolute Gasteiger partial charge is 0.119 e. The highest BCUT2D eigenvalue weighted by molar-refractivity contribution is 5.27. The van der Waals surface area contributed by atoms with Gasteiger partial charge in [0.15, 0.2) is 0 Å². The molecule has 0 bridgehead atoms. The van der Waals surface area contributed by atoms with E-state index >= 15 is 0 Å². The zero-order valence-electron chi connectivity index (χ0n) is 19.5. The molecule has 30 heavy (non-hydrogen) atoms. The Balaban J connectivity index is 1.52. The highest BCUT2D eigenvalue weighted by atomic mass is 16.5. The number of ether oxygens (including phenoxy) is 2. The third-order valence-electron chi connectivity index (χ3n) is 5.48. The van der Waals surface area contributed by atoms with Gasteiger partial charge in [-0.05, 0) is 55.9 Å². The Hall–Kier alpha value is -1.84. The maximum Gasteiger partial charge on any atom is 0.119 e. The number of unbranched alkanes of at least 4 members (excludes halogenated alkanes) is 2. The minimum Gasteiger partial charge on any atom is -0.491 e. The van der Waals surface area contributed by atoms with Crippen molar-refractivity contribution in [3.8, 4) is 5.75 Å². The minimum absolute atomic E-state index is 0.0582. The summed E-state index contributed by atoms with van der Waals surface area (Å²) in [4.78, 5) is 0. The summed E-state index contributed by atoms with van der Waals surface area (Å²) in [6, 6.07) is 19.0. The summed E-state index contributed by atoms with van der Waals surface area (Å²) in [6.45, 7) is 11.7. The van der Waals surface area contributed by atoms with Crippen LogP contribution in [0.25, 0.3) is 0 Å². The molecule has 0 heterocycles. The number of benzene rings is 2. The first-order valence-electron chi connectivity index (χ1n) is 11.6. The van der Waals surface area contributed by atoms with Crippen LogP contribution < -0.4 is 10.1 Å².